The van der Waals surface area contributed by atoms with Crippen LogP contribution in [0, 0.1) is 17.8 Å². The molecule has 23 heavy (non-hydrogen) atoms. The molecule has 2 heterocycles. The zero-order valence-corrected chi connectivity index (χ0v) is 14.5. The predicted octanol–water partition coefficient (Wildman–Crippen LogP) is 2.28. The van der Waals surface area contributed by atoms with Crippen LogP contribution in [0.25, 0.3) is 0 Å². The largest absolute Gasteiger partial charge is 0.481 e. The van der Waals surface area contributed by atoms with E-state index in [1.807, 2.05) is 18.5 Å². The van der Waals surface area contributed by atoms with Crippen molar-refractivity contribution in [3.8, 4) is 0 Å². The minimum Gasteiger partial charge on any atom is -0.481 e. The third-order valence-corrected chi connectivity index (χ3v) is 4.35. The first-order valence-electron chi connectivity index (χ1n) is 8.40. The van der Waals surface area contributed by atoms with Gasteiger partial charge >= 0.3 is 5.97 Å². The minimum atomic E-state index is -0.819. The normalized spacial score (nSPS) is 21.7. The molecule has 0 bridgehead atoms. The van der Waals surface area contributed by atoms with Gasteiger partial charge in [-0.3, -0.25) is 14.3 Å². The van der Waals surface area contributed by atoms with E-state index in [0.29, 0.717) is 24.4 Å². The Bertz CT molecular complexity index is 580. The molecule has 1 aliphatic rings. The van der Waals surface area contributed by atoms with Gasteiger partial charge < -0.3 is 10.0 Å². The number of amides is 1. The molecule has 1 amide bonds. The third kappa shape index (κ3) is 3.92. The second-order valence-electron chi connectivity index (χ2n) is 7.02. The lowest BCUT2D eigenvalue weighted by molar-refractivity contribution is -0.143. The number of carboxylic acids is 1. The number of piperidine rings is 1. The number of aromatic nitrogens is 2. The van der Waals surface area contributed by atoms with Gasteiger partial charge in [0.2, 0.25) is 0 Å². The second-order valence-corrected chi connectivity index (χ2v) is 7.02. The molecule has 1 aromatic rings. The molecule has 2 atom stereocenters. The highest BCUT2D eigenvalue weighted by Gasteiger charge is 2.33. The van der Waals surface area contributed by atoms with E-state index in [9.17, 15) is 14.7 Å². The van der Waals surface area contributed by atoms with Crippen molar-refractivity contribution in [2.45, 2.75) is 47.1 Å². The van der Waals surface area contributed by atoms with E-state index >= 15 is 0 Å². The van der Waals surface area contributed by atoms with Gasteiger partial charge in [-0.05, 0) is 24.7 Å². The van der Waals surface area contributed by atoms with Crippen molar-refractivity contribution in [2.24, 2.45) is 17.8 Å². The maximum atomic E-state index is 12.9. The molecular formula is C17H27N3O3. The van der Waals surface area contributed by atoms with E-state index in [1.54, 1.807) is 11.1 Å². The van der Waals surface area contributed by atoms with E-state index in [4.69, 9.17) is 0 Å². The van der Waals surface area contributed by atoms with Crippen molar-refractivity contribution in [1.29, 1.82) is 0 Å². The van der Waals surface area contributed by atoms with Crippen LogP contribution in [0.15, 0.2) is 6.20 Å². The smallest absolute Gasteiger partial charge is 0.308 e. The van der Waals surface area contributed by atoms with Gasteiger partial charge in [0.05, 0.1) is 23.4 Å². The molecule has 0 aliphatic carbocycles. The van der Waals surface area contributed by atoms with Crippen molar-refractivity contribution >= 4 is 11.9 Å². The number of nitrogens with zero attached hydrogens (tertiary/aromatic N) is 3. The van der Waals surface area contributed by atoms with Crippen LogP contribution in [0.5, 0.6) is 0 Å². The Hall–Kier alpha value is -1.85. The lowest BCUT2D eigenvalue weighted by Gasteiger charge is -2.34. The fourth-order valence-electron chi connectivity index (χ4n) is 3.33. The lowest BCUT2D eigenvalue weighted by atomic mass is 9.90. The lowest BCUT2D eigenvalue weighted by Crippen LogP contribution is -2.45. The molecule has 0 aromatic carbocycles. The molecule has 2 unspecified atom stereocenters. The standard InChI is InChI=1S/C17H27N3O3/c1-5-15-14(7-18-20(15)8-11(2)3)16(21)19-9-12(4)6-13(10-19)17(22)23/h7,11-13H,5-6,8-10H2,1-4H3,(H,22,23). The number of carbonyl (C=O) groups is 2. The molecule has 1 aliphatic heterocycles. The predicted molar refractivity (Wildman–Crippen MR) is 87.3 cm³/mol. The molecule has 6 nitrogen and oxygen atoms in total. The molecule has 6 heteroatoms. The maximum absolute atomic E-state index is 12.9. The van der Waals surface area contributed by atoms with E-state index in [1.165, 1.54) is 0 Å². The van der Waals surface area contributed by atoms with Crippen molar-refractivity contribution in [2.75, 3.05) is 13.1 Å². The molecule has 0 saturated carbocycles. The van der Waals surface area contributed by atoms with E-state index in [0.717, 1.165) is 18.7 Å². The molecule has 128 valence electrons. The van der Waals surface area contributed by atoms with Gasteiger partial charge in [-0.1, -0.05) is 27.7 Å². The highest BCUT2D eigenvalue weighted by atomic mass is 16.4. The Kier molecular flexibility index (Phi) is 5.44. The van der Waals surface area contributed by atoms with Gasteiger partial charge in [0.25, 0.3) is 5.91 Å². The fraction of sp³-hybridized carbons (Fsp3) is 0.706. The summed E-state index contributed by atoms with van der Waals surface area (Å²) < 4.78 is 1.90. The van der Waals surface area contributed by atoms with Crippen LogP contribution < -0.4 is 0 Å². The first-order valence-corrected chi connectivity index (χ1v) is 8.40. The quantitative estimate of drug-likeness (QED) is 0.903. The number of hydrogen-bond donors (Lipinski definition) is 1. The Labute approximate surface area is 137 Å². The Morgan fingerprint density at radius 2 is 2.09 bits per heavy atom. The number of hydrogen-bond acceptors (Lipinski definition) is 3. The average molecular weight is 321 g/mol. The summed E-state index contributed by atoms with van der Waals surface area (Å²) in [6.07, 6.45) is 3.00. The number of carboxylic acid groups (broad SMARTS) is 1. The van der Waals surface area contributed by atoms with Crippen molar-refractivity contribution in [1.82, 2.24) is 14.7 Å². The molecule has 1 saturated heterocycles. The maximum Gasteiger partial charge on any atom is 0.308 e. The summed E-state index contributed by atoms with van der Waals surface area (Å²) >= 11 is 0. The highest BCUT2D eigenvalue weighted by Crippen LogP contribution is 2.24. The topological polar surface area (TPSA) is 75.4 Å². The van der Waals surface area contributed by atoms with Crippen LogP contribution in [-0.2, 0) is 17.8 Å². The zero-order valence-electron chi connectivity index (χ0n) is 14.5. The summed E-state index contributed by atoms with van der Waals surface area (Å²) in [5, 5.41) is 13.6. The number of carbonyl (C=O) groups excluding carboxylic acids is 1. The molecule has 1 N–H and O–H groups in total. The monoisotopic (exact) mass is 321 g/mol. The van der Waals surface area contributed by atoms with Crippen LogP contribution in [0.3, 0.4) is 0 Å². The average Bonchev–Trinajstić information content (AvgIpc) is 2.87. The SMILES string of the molecule is CCc1c(C(=O)N2CC(C)CC(C(=O)O)C2)cnn1CC(C)C. The van der Waals surface area contributed by atoms with Gasteiger partial charge in [0.1, 0.15) is 0 Å². The van der Waals surface area contributed by atoms with Crippen molar-refractivity contribution < 1.29 is 14.7 Å². The van der Waals surface area contributed by atoms with Crippen LogP contribution in [0.2, 0.25) is 0 Å². The first-order chi connectivity index (χ1) is 10.8. The molecular weight excluding hydrogens is 294 g/mol. The number of rotatable bonds is 5. The number of likely N-dealkylation sites (tertiary alicyclic amines) is 1. The summed E-state index contributed by atoms with van der Waals surface area (Å²) in [6, 6.07) is 0. The van der Waals surface area contributed by atoms with E-state index in [2.05, 4.69) is 18.9 Å². The summed E-state index contributed by atoms with van der Waals surface area (Å²) in [7, 11) is 0. The molecule has 1 aromatic heterocycles. The van der Waals surface area contributed by atoms with Crippen LogP contribution in [0.1, 0.15) is 50.2 Å². The van der Waals surface area contributed by atoms with E-state index in [-0.39, 0.29) is 18.4 Å². The van der Waals surface area contributed by atoms with Crippen molar-refractivity contribution in [3.05, 3.63) is 17.5 Å². The zero-order chi connectivity index (χ0) is 17.1. The summed E-state index contributed by atoms with van der Waals surface area (Å²) in [4.78, 5) is 25.9. The van der Waals surface area contributed by atoms with E-state index < -0.39 is 11.9 Å². The van der Waals surface area contributed by atoms with Crippen LogP contribution >= 0.6 is 0 Å². The summed E-state index contributed by atoms with van der Waals surface area (Å²) in [6.45, 7) is 9.93. The second kappa shape index (κ2) is 7.15. The number of aliphatic carboxylic acids is 1. The summed E-state index contributed by atoms with van der Waals surface area (Å²) in [5.41, 5.74) is 1.56. The Morgan fingerprint density at radius 3 is 2.65 bits per heavy atom. The first kappa shape index (κ1) is 17.5. The Morgan fingerprint density at radius 1 is 1.39 bits per heavy atom. The molecule has 0 spiro atoms. The molecule has 0 radical (unpaired) electrons. The van der Waals surface area contributed by atoms with Gasteiger partial charge in [-0.25, -0.2) is 0 Å². The van der Waals surface area contributed by atoms with Crippen LogP contribution in [0.4, 0.5) is 0 Å². The Balaban J connectivity index is 2.22. The fourth-order valence-corrected chi connectivity index (χ4v) is 3.33. The third-order valence-electron chi connectivity index (χ3n) is 4.35. The highest BCUT2D eigenvalue weighted by molar-refractivity contribution is 5.95. The summed E-state index contributed by atoms with van der Waals surface area (Å²) in [5.74, 6) is -0.729. The van der Waals surface area contributed by atoms with Gasteiger partial charge in [0.15, 0.2) is 0 Å². The molecule has 1 fully saturated rings. The minimum absolute atomic E-state index is 0.0883. The van der Waals surface area contributed by atoms with Crippen LogP contribution in [-0.4, -0.2) is 44.8 Å². The van der Waals surface area contributed by atoms with Gasteiger partial charge in [-0.2, -0.15) is 5.10 Å². The van der Waals surface area contributed by atoms with Crippen molar-refractivity contribution in [3.63, 3.8) is 0 Å². The molecule has 2 rings (SSSR count). The van der Waals surface area contributed by atoms with Gasteiger partial charge in [0, 0.05) is 19.6 Å². The van der Waals surface area contributed by atoms with Gasteiger partial charge in [-0.15, -0.1) is 0 Å².